The van der Waals surface area contributed by atoms with Gasteiger partial charge in [0, 0.05) is 16.1 Å². The van der Waals surface area contributed by atoms with Crippen LogP contribution in [0.1, 0.15) is 11.1 Å². The van der Waals surface area contributed by atoms with E-state index in [2.05, 4.69) is 4.99 Å². The summed E-state index contributed by atoms with van der Waals surface area (Å²) in [6, 6.07) is 3.23. The number of hydrogen-bond acceptors (Lipinski definition) is 1. The molecule has 0 atom stereocenters. The van der Waals surface area contributed by atoms with Crippen LogP contribution < -0.4 is 0 Å². The summed E-state index contributed by atoms with van der Waals surface area (Å²) in [5.74, 6) is 0. The molecular weight excluding hydrogens is 287 g/mol. The van der Waals surface area contributed by atoms with E-state index < -0.39 is 4.46 Å². The third-order valence-corrected chi connectivity index (χ3v) is 3.30. The summed E-state index contributed by atoms with van der Waals surface area (Å²) in [4.78, 5) is 3.85. The fourth-order valence-electron chi connectivity index (χ4n) is 1.28. The van der Waals surface area contributed by atoms with E-state index >= 15 is 0 Å². The predicted molar refractivity (Wildman–Crippen MR) is 62.2 cm³/mol. The van der Waals surface area contributed by atoms with Crippen LogP contribution in [0.4, 0.5) is 0 Å². The van der Waals surface area contributed by atoms with Crippen LogP contribution in [-0.4, -0.2) is 5.17 Å². The van der Waals surface area contributed by atoms with Crippen LogP contribution in [0.25, 0.3) is 0 Å². The van der Waals surface area contributed by atoms with Crippen molar-refractivity contribution in [2.45, 2.75) is 4.46 Å². The third-order valence-electron chi connectivity index (χ3n) is 1.85. The largest absolute Gasteiger partial charge is 0.237 e. The van der Waals surface area contributed by atoms with Gasteiger partial charge >= 0.3 is 0 Å². The Bertz CT molecular complexity index is 438. The molecule has 6 heteroatoms. The van der Waals surface area contributed by atoms with E-state index in [0.29, 0.717) is 21.2 Å². The van der Waals surface area contributed by atoms with E-state index in [1.54, 1.807) is 12.1 Å². The molecule has 14 heavy (non-hydrogen) atoms. The average molecular weight is 289 g/mol. The van der Waals surface area contributed by atoms with Gasteiger partial charge in [-0.2, -0.15) is 0 Å². The quantitative estimate of drug-likeness (QED) is 0.489. The van der Waals surface area contributed by atoms with Gasteiger partial charge in [0.1, 0.15) is 5.17 Å². The van der Waals surface area contributed by atoms with Gasteiger partial charge in [0.25, 0.3) is 0 Å². The molecule has 0 saturated heterocycles. The van der Waals surface area contributed by atoms with Crippen molar-refractivity contribution in [2.75, 3.05) is 0 Å². The minimum absolute atomic E-state index is 0.178. The summed E-state index contributed by atoms with van der Waals surface area (Å²) in [6.07, 6.45) is 0. The Labute approximate surface area is 106 Å². The maximum atomic E-state index is 5.93. The van der Waals surface area contributed by atoms with Crippen molar-refractivity contribution in [1.29, 1.82) is 0 Å². The minimum Gasteiger partial charge on any atom is -0.229 e. The molecule has 1 aromatic rings. The van der Waals surface area contributed by atoms with Gasteiger partial charge in [-0.3, -0.25) is 0 Å². The number of hydrogen-bond donors (Lipinski definition) is 0. The molecule has 1 aliphatic rings. The average Bonchev–Trinajstić information content (AvgIpc) is 2.30. The highest BCUT2D eigenvalue weighted by Gasteiger charge is 2.39. The second kappa shape index (κ2) is 3.43. The van der Waals surface area contributed by atoms with Crippen LogP contribution in [-0.2, 0) is 4.46 Å². The van der Waals surface area contributed by atoms with E-state index in [1.165, 1.54) is 0 Å². The van der Waals surface area contributed by atoms with Crippen LogP contribution in [0.5, 0.6) is 0 Å². The molecule has 0 fully saturated rings. The number of alkyl halides is 2. The predicted octanol–water partition coefficient (Wildman–Crippen LogP) is 4.58. The van der Waals surface area contributed by atoms with Gasteiger partial charge in [0.2, 0.25) is 4.46 Å². The highest BCUT2D eigenvalue weighted by Crippen LogP contribution is 2.48. The number of rotatable bonds is 0. The van der Waals surface area contributed by atoms with Crippen molar-refractivity contribution in [2.24, 2.45) is 4.99 Å². The maximum Gasteiger partial charge on any atom is 0.237 e. The maximum absolute atomic E-state index is 5.93. The zero-order valence-corrected chi connectivity index (χ0v) is 10.3. The van der Waals surface area contributed by atoms with Gasteiger partial charge < -0.3 is 0 Å². The Kier molecular flexibility index (Phi) is 2.66. The van der Waals surface area contributed by atoms with E-state index in [0.717, 1.165) is 0 Å². The smallest absolute Gasteiger partial charge is 0.229 e. The van der Waals surface area contributed by atoms with Crippen LogP contribution in [0.2, 0.25) is 10.0 Å². The van der Waals surface area contributed by atoms with Crippen LogP contribution in [0.15, 0.2) is 17.1 Å². The lowest BCUT2D eigenvalue weighted by molar-refractivity contribution is 0.949. The van der Waals surface area contributed by atoms with Crippen LogP contribution in [0, 0.1) is 0 Å². The second-order valence-electron chi connectivity index (χ2n) is 2.72. The molecule has 1 aromatic carbocycles. The molecule has 0 N–H and O–H groups in total. The molecular formula is C8H2Cl5N. The normalized spacial score (nSPS) is 17.9. The first kappa shape index (κ1) is 10.8. The summed E-state index contributed by atoms with van der Waals surface area (Å²) in [7, 11) is 0. The summed E-state index contributed by atoms with van der Waals surface area (Å²) >= 11 is 29.5. The third kappa shape index (κ3) is 1.52. The molecule has 0 aromatic heterocycles. The molecule has 0 spiro atoms. The lowest BCUT2D eigenvalue weighted by Crippen LogP contribution is -2.04. The second-order valence-corrected chi connectivity index (χ2v) is 5.18. The summed E-state index contributed by atoms with van der Waals surface area (Å²) in [5.41, 5.74) is 0.950. The number of halogens is 5. The highest BCUT2D eigenvalue weighted by atomic mass is 35.5. The molecule has 0 radical (unpaired) electrons. The van der Waals surface area contributed by atoms with Crippen molar-refractivity contribution in [3.8, 4) is 0 Å². The summed E-state index contributed by atoms with van der Waals surface area (Å²) in [5, 5.41) is 1.01. The minimum atomic E-state index is -1.44. The monoisotopic (exact) mass is 287 g/mol. The van der Waals surface area contributed by atoms with E-state index in [4.69, 9.17) is 58.0 Å². The van der Waals surface area contributed by atoms with Crippen molar-refractivity contribution in [3.63, 3.8) is 0 Å². The van der Waals surface area contributed by atoms with Crippen molar-refractivity contribution in [1.82, 2.24) is 0 Å². The number of fused-ring (bicyclic) bond motifs is 1. The van der Waals surface area contributed by atoms with Gasteiger partial charge in [-0.05, 0) is 12.1 Å². The topological polar surface area (TPSA) is 12.4 Å². The van der Waals surface area contributed by atoms with Gasteiger partial charge in [-0.25, -0.2) is 4.99 Å². The van der Waals surface area contributed by atoms with Crippen molar-refractivity contribution in [3.05, 3.63) is 33.3 Å². The Morgan fingerprint density at radius 2 is 1.57 bits per heavy atom. The Balaban J connectivity index is 2.81. The first-order valence-electron chi connectivity index (χ1n) is 3.55. The SMILES string of the molecule is ClC1=NC(Cl)(Cl)c2c(Cl)ccc(Cl)c21. The number of aliphatic imine (C=N–C) groups is 1. The van der Waals surface area contributed by atoms with Gasteiger partial charge in [-0.1, -0.05) is 58.0 Å². The molecule has 0 unspecified atom stereocenters. The fourth-order valence-corrected chi connectivity index (χ4v) is 2.94. The molecule has 0 saturated carbocycles. The zero-order chi connectivity index (χ0) is 10.5. The first-order chi connectivity index (χ1) is 6.43. The number of nitrogens with zero attached hydrogens (tertiary/aromatic N) is 1. The molecule has 1 heterocycles. The van der Waals surface area contributed by atoms with E-state index in [9.17, 15) is 0 Å². The summed E-state index contributed by atoms with van der Waals surface area (Å²) < 4.78 is -1.44. The first-order valence-corrected chi connectivity index (χ1v) is 5.44. The number of benzene rings is 1. The molecule has 1 aliphatic heterocycles. The standard InChI is InChI=1S/C8H2Cl5N/c9-3-1-2-4(10)6-5(3)7(11)14-8(6,12)13/h1-2H. The van der Waals surface area contributed by atoms with Crippen molar-refractivity contribution < 1.29 is 0 Å². The zero-order valence-electron chi connectivity index (χ0n) is 6.49. The van der Waals surface area contributed by atoms with Crippen LogP contribution in [0.3, 0.4) is 0 Å². The fraction of sp³-hybridized carbons (Fsp3) is 0.125. The van der Waals surface area contributed by atoms with Gasteiger partial charge in [0.15, 0.2) is 0 Å². The molecule has 2 rings (SSSR count). The Morgan fingerprint density at radius 1 is 1.00 bits per heavy atom. The highest BCUT2D eigenvalue weighted by molar-refractivity contribution is 6.73. The summed E-state index contributed by atoms with van der Waals surface area (Å²) in [6.45, 7) is 0. The Hall–Kier alpha value is 0.340. The molecule has 1 nitrogen and oxygen atoms in total. The molecule has 74 valence electrons. The van der Waals surface area contributed by atoms with Crippen LogP contribution >= 0.6 is 58.0 Å². The van der Waals surface area contributed by atoms with Gasteiger partial charge in [0.05, 0.1) is 5.02 Å². The lowest BCUT2D eigenvalue weighted by atomic mass is 10.1. The lowest BCUT2D eigenvalue weighted by Gasteiger charge is -2.12. The van der Waals surface area contributed by atoms with Gasteiger partial charge in [-0.15, -0.1) is 0 Å². The molecule has 0 aliphatic carbocycles. The molecule has 0 bridgehead atoms. The Morgan fingerprint density at radius 3 is 2.14 bits per heavy atom. The van der Waals surface area contributed by atoms with E-state index in [-0.39, 0.29) is 5.17 Å². The van der Waals surface area contributed by atoms with E-state index in [1.807, 2.05) is 0 Å². The van der Waals surface area contributed by atoms with Crippen molar-refractivity contribution >= 4 is 63.2 Å². The molecule has 0 amide bonds.